The fraction of sp³-hybridized carbons (Fsp3) is 0.375. The zero-order valence-electron chi connectivity index (χ0n) is 12.8. The van der Waals surface area contributed by atoms with Gasteiger partial charge in [-0.3, -0.25) is 9.48 Å². The van der Waals surface area contributed by atoms with Gasteiger partial charge in [-0.1, -0.05) is 18.2 Å². The minimum Gasteiger partial charge on any atom is -0.315 e. The molecule has 2 atom stereocenters. The van der Waals surface area contributed by atoms with Crippen molar-refractivity contribution >= 4 is 24.0 Å². The molecule has 0 bridgehead atoms. The van der Waals surface area contributed by atoms with Crippen LogP contribution in [0.1, 0.15) is 11.5 Å². The number of nitrogens with zero attached hydrogens (tertiary/aromatic N) is 3. The van der Waals surface area contributed by atoms with E-state index in [1.165, 1.54) is 0 Å². The van der Waals surface area contributed by atoms with Crippen LogP contribution in [-0.2, 0) is 11.8 Å². The lowest BCUT2D eigenvalue weighted by Crippen LogP contribution is -2.36. The van der Waals surface area contributed by atoms with Crippen molar-refractivity contribution < 1.29 is 4.79 Å². The van der Waals surface area contributed by atoms with Gasteiger partial charge in [-0.05, 0) is 17.7 Å². The molecular formula is C16H21ClN4O. The molecule has 1 aliphatic rings. The van der Waals surface area contributed by atoms with Gasteiger partial charge in [0.15, 0.2) is 0 Å². The predicted octanol–water partition coefficient (Wildman–Crippen LogP) is 1.81. The summed E-state index contributed by atoms with van der Waals surface area (Å²) in [6.45, 7) is 1.54. The molecule has 1 aromatic carbocycles. The van der Waals surface area contributed by atoms with E-state index in [4.69, 9.17) is 0 Å². The number of rotatable bonds is 3. The number of halogens is 1. The molecule has 1 saturated heterocycles. The molecule has 1 N–H and O–H groups in total. The Morgan fingerprint density at radius 1 is 1.32 bits per heavy atom. The number of amides is 1. The lowest BCUT2D eigenvalue weighted by Gasteiger charge is -2.24. The van der Waals surface area contributed by atoms with Crippen molar-refractivity contribution in [3.63, 3.8) is 0 Å². The number of aryl methyl sites for hydroxylation is 1. The van der Waals surface area contributed by atoms with Crippen LogP contribution in [0, 0.1) is 5.92 Å². The van der Waals surface area contributed by atoms with Crippen molar-refractivity contribution in [1.29, 1.82) is 0 Å². The number of hydrogen-bond donors (Lipinski definition) is 1. The van der Waals surface area contributed by atoms with Crippen LogP contribution in [0.25, 0.3) is 0 Å². The smallest absolute Gasteiger partial charge is 0.231 e. The summed E-state index contributed by atoms with van der Waals surface area (Å²) >= 11 is 0. The van der Waals surface area contributed by atoms with Gasteiger partial charge in [-0.2, -0.15) is 5.10 Å². The third kappa shape index (κ3) is 3.15. The largest absolute Gasteiger partial charge is 0.315 e. The maximum Gasteiger partial charge on any atom is 0.231 e. The van der Waals surface area contributed by atoms with Gasteiger partial charge in [0, 0.05) is 45.0 Å². The lowest BCUT2D eigenvalue weighted by molar-refractivity contribution is -0.121. The fourth-order valence-corrected chi connectivity index (χ4v) is 2.95. The average Bonchev–Trinajstić information content (AvgIpc) is 3.15. The Bertz CT molecular complexity index is 628. The van der Waals surface area contributed by atoms with Gasteiger partial charge in [0.25, 0.3) is 0 Å². The van der Waals surface area contributed by atoms with Crippen LogP contribution in [0.5, 0.6) is 0 Å². The van der Waals surface area contributed by atoms with E-state index in [9.17, 15) is 4.79 Å². The van der Waals surface area contributed by atoms with Crippen molar-refractivity contribution in [1.82, 2.24) is 15.1 Å². The van der Waals surface area contributed by atoms with Crippen molar-refractivity contribution in [3.05, 3.63) is 48.3 Å². The van der Waals surface area contributed by atoms with Gasteiger partial charge in [0.1, 0.15) is 0 Å². The highest BCUT2D eigenvalue weighted by Crippen LogP contribution is 2.30. The summed E-state index contributed by atoms with van der Waals surface area (Å²) in [5.41, 5.74) is 2.06. The standard InChI is InChI=1S/C16H20N4O.ClH/c1-19-11-12(8-18-19)14-9-17-10-15(14)16(21)20(2)13-6-4-3-5-7-13;/h3-8,11,14-15,17H,9-10H2,1-2H3;1H/t14-,15+;/m1./s1. The first kappa shape index (κ1) is 16.5. The number of anilines is 1. The Labute approximate surface area is 136 Å². The molecule has 0 radical (unpaired) electrons. The van der Waals surface area contributed by atoms with Gasteiger partial charge in [0.2, 0.25) is 5.91 Å². The van der Waals surface area contributed by atoms with E-state index in [-0.39, 0.29) is 30.2 Å². The summed E-state index contributed by atoms with van der Waals surface area (Å²) in [7, 11) is 3.75. The molecule has 1 aliphatic heterocycles. The minimum atomic E-state index is -0.0422. The van der Waals surface area contributed by atoms with Crippen LogP contribution in [0.15, 0.2) is 42.7 Å². The van der Waals surface area contributed by atoms with E-state index in [0.29, 0.717) is 0 Å². The Morgan fingerprint density at radius 2 is 2.05 bits per heavy atom. The van der Waals surface area contributed by atoms with E-state index in [1.807, 2.05) is 56.8 Å². The van der Waals surface area contributed by atoms with Crippen LogP contribution >= 0.6 is 12.4 Å². The molecule has 6 heteroatoms. The first-order chi connectivity index (χ1) is 10.2. The monoisotopic (exact) mass is 320 g/mol. The summed E-state index contributed by atoms with van der Waals surface area (Å²) < 4.78 is 1.79. The number of carbonyl (C=O) groups excluding carboxylic acids is 1. The Balaban J connectivity index is 0.00000176. The molecule has 2 heterocycles. The molecule has 118 valence electrons. The second-order valence-electron chi connectivity index (χ2n) is 5.55. The van der Waals surface area contributed by atoms with E-state index >= 15 is 0 Å². The number of hydrogen-bond acceptors (Lipinski definition) is 3. The summed E-state index contributed by atoms with van der Waals surface area (Å²) in [5.74, 6) is 0.303. The van der Waals surface area contributed by atoms with Crippen LogP contribution in [0.4, 0.5) is 5.69 Å². The molecule has 22 heavy (non-hydrogen) atoms. The number of para-hydroxylation sites is 1. The molecule has 1 aromatic heterocycles. The summed E-state index contributed by atoms with van der Waals surface area (Å²) in [5, 5.41) is 7.55. The third-order valence-electron chi connectivity index (χ3n) is 4.16. The Morgan fingerprint density at radius 3 is 2.68 bits per heavy atom. The van der Waals surface area contributed by atoms with E-state index in [0.717, 1.165) is 24.3 Å². The topological polar surface area (TPSA) is 50.2 Å². The number of benzene rings is 1. The van der Waals surface area contributed by atoms with Crippen molar-refractivity contribution in [3.8, 4) is 0 Å². The lowest BCUT2D eigenvalue weighted by atomic mass is 9.90. The highest BCUT2D eigenvalue weighted by atomic mass is 35.5. The van der Waals surface area contributed by atoms with Crippen LogP contribution < -0.4 is 10.2 Å². The van der Waals surface area contributed by atoms with Gasteiger partial charge in [0.05, 0.1) is 12.1 Å². The maximum absolute atomic E-state index is 12.8. The molecular weight excluding hydrogens is 300 g/mol. The quantitative estimate of drug-likeness (QED) is 0.938. The predicted molar refractivity (Wildman–Crippen MR) is 89.4 cm³/mol. The number of carbonyl (C=O) groups is 1. The second-order valence-corrected chi connectivity index (χ2v) is 5.55. The van der Waals surface area contributed by atoms with Crippen molar-refractivity contribution in [2.24, 2.45) is 13.0 Å². The molecule has 0 unspecified atom stereocenters. The number of aromatic nitrogens is 2. The fourth-order valence-electron chi connectivity index (χ4n) is 2.95. The second kappa shape index (κ2) is 6.94. The molecule has 5 nitrogen and oxygen atoms in total. The van der Waals surface area contributed by atoms with Gasteiger partial charge in [-0.25, -0.2) is 0 Å². The molecule has 0 spiro atoms. The summed E-state index contributed by atoms with van der Waals surface area (Å²) in [4.78, 5) is 14.5. The van der Waals surface area contributed by atoms with E-state index in [1.54, 1.807) is 9.58 Å². The summed E-state index contributed by atoms with van der Waals surface area (Å²) in [6, 6.07) is 9.77. The molecule has 3 rings (SSSR count). The van der Waals surface area contributed by atoms with Gasteiger partial charge < -0.3 is 10.2 Å². The highest BCUT2D eigenvalue weighted by Gasteiger charge is 2.36. The van der Waals surface area contributed by atoms with Gasteiger partial charge >= 0.3 is 0 Å². The van der Waals surface area contributed by atoms with Crippen LogP contribution in [-0.4, -0.2) is 35.8 Å². The Hall–Kier alpha value is -1.85. The first-order valence-electron chi connectivity index (χ1n) is 7.18. The van der Waals surface area contributed by atoms with E-state index < -0.39 is 0 Å². The van der Waals surface area contributed by atoms with Crippen molar-refractivity contribution in [2.45, 2.75) is 5.92 Å². The molecule has 2 aromatic rings. The summed E-state index contributed by atoms with van der Waals surface area (Å²) in [6.07, 6.45) is 3.86. The molecule has 1 amide bonds. The zero-order chi connectivity index (χ0) is 14.8. The third-order valence-corrected chi connectivity index (χ3v) is 4.16. The average molecular weight is 321 g/mol. The van der Waals surface area contributed by atoms with Crippen LogP contribution in [0.3, 0.4) is 0 Å². The molecule has 0 saturated carbocycles. The highest BCUT2D eigenvalue weighted by molar-refractivity contribution is 5.95. The normalized spacial score (nSPS) is 20.5. The van der Waals surface area contributed by atoms with Crippen molar-refractivity contribution in [2.75, 3.05) is 25.0 Å². The maximum atomic E-state index is 12.8. The Kier molecular flexibility index (Phi) is 5.21. The molecule has 0 aliphatic carbocycles. The van der Waals surface area contributed by atoms with Gasteiger partial charge in [-0.15, -0.1) is 12.4 Å². The molecule has 1 fully saturated rings. The van der Waals surface area contributed by atoms with Crippen LogP contribution in [0.2, 0.25) is 0 Å². The van der Waals surface area contributed by atoms with E-state index in [2.05, 4.69) is 10.4 Å². The SMILES string of the molecule is CN(C(=O)[C@H]1CNC[C@@H]1c1cnn(C)c1)c1ccccc1.Cl. The zero-order valence-corrected chi connectivity index (χ0v) is 13.6. The number of nitrogens with one attached hydrogen (secondary N) is 1. The first-order valence-corrected chi connectivity index (χ1v) is 7.18. The minimum absolute atomic E-state index is 0.